The molecule has 1 atom stereocenters. The van der Waals surface area contributed by atoms with Gasteiger partial charge in [0, 0.05) is 19.3 Å². The van der Waals surface area contributed by atoms with Gasteiger partial charge >= 0.3 is 17.9 Å². The number of unbranched alkanes of at least 4 members (excludes halogenated alkanes) is 34. The zero-order valence-corrected chi connectivity index (χ0v) is 40.9. The highest BCUT2D eigenvalue weighted by Crippen LogP contribution is 2.16. The Morgan fingerprint density at radius 1 is 0.311 bits per heavy atom. The summed E-state index contributed by atoms with van der Waals surface area (Å²) in [6.07, 6.45) is 57.3. The molecule has 0 radical (unpaired) electrons. The Hall–Kier alpha value is -2.11. The average molecular weight is 859 g/mol. The van der Waals surface area contributed by atoms with Crippen molar-refractivity contribution < 1.29 is 28.6 Å². The van der Waals surface area contributed by atoms with Crippen molar-refractivity contribution in [2.75, 3.05) is 13.2 Å². The quantitative estimate of drug-likeness (QED) is 0.0262. The summed E-state index contributed by atoms with van der Waals surface area (Å²) in [5.41, 5.74) is 0. The maximum atomic E-state index is 12.8. The number of ether oxygens (including phenoxy) is 3. The van der Waals surface area contributed by atoms with Gasteiger partial charge in [-0.15, -0.1) is 0 Å². The van der Waals surface area contributed by atoms with Gasteiger partial charge in [-0.05, 0) is 70.6 Å². The molecule has 0 aliphatic carbocycles. The Morgan fingerprint density at radius 3 is 0.820 bits per heavy atom. The monoisotopic (exact) mass is 859 g/mol. The fraction of sp³-hybridized carbons (Fsp3) is 0.873. The van der Waals surface area contributed by atoms with E-state index in [1.165, 1.54) is 180 Å². The average Bonchev–Trinajstić information content (AvgIpc) is 3.26. The van der Waals surface area contributed by atoms with Crippen molar-refractivity contribution in [1.29, 1.82) is 0 Å². The third kappa shape index (κ3) is 48.8. The van der Waals surface area contributed by atoms with Crippen molar-refractivity contribution >= 4 is 17.9 Å². The van der Waals surface area contributed by atoms with Crippen LogP contribution < -0.4 is 0 Å². The summed E-state index contributed by atoms with van der Waals surface area (Å²) in [6.45, 7) is 6.64. The fourth-order valence-electron chi connectivity index (χ4n) is 7.84. The molecular weight excluding hydrogens is 757 g/mol. The van der Waals surface area contributed by atoms with Gasteiger partial charge < -0.3 is 14.2 Å². The highest BCUT2D eigenvalue weighted by Gasteiger charge is 2.19. The van der Waals surface area contributed by atoms with Gasteiger partial charge in [-0.25, -0.2) is 0 Å². The van der Waals surface area contributed by atoms with E-state index in [1.807, 2.05) is 0 Å². The number of allylic oxidation sites excluding steroid dienone is 4. The number of carbonyl (C=O) groups excluding carboxylic acids is 3. The number of hydrogen-bond acceptors (Lipinski definition) is 6. The van der Waals surface area contributed by atoms with Gasteiger partial charge in [0.2, 0.25) is 0 Å². The Kier molecular flexibility index (Phi) is 48.8. The van der Waals surface area contributed by atoms with Crippen LogP contribution in [-0.2, 0) is 28.6 Å². The minimum absolute atomic E-state index is 0.0733. The number of carbonyl (C=O) groups is 3. The normalized spacial score (nSPS) is 12.1. The highest BCUT2D eigenvalue weighted by atomic mass is 16.6. The largest absolute Gasteiger partial charge is 0.462 e. The molecular formula is C55H102O6. The van der Waals surface area contributed by atoms with Gasteiger partial charge in [0.25, 0.3) is 0 Å². The van der Waals surface area contributed by atoms with Crippen molar-refractivity contribution in [3.63, 3.8) is 0 Å². The maximum Gasteiger partial charge on any atom is 0.306 e. The van der Waals surface area contributed by atoms with E-state index in [2.05, 4.69) is 45.1 Å². The predicted octanol–water partition coefficient (Wildman–Crippen LogP) is 17.5. The van der Waals surface area contributed by atoms with E-state index in [0.29, 0.717) is 19.3 Å². The summed E-state index contributed by atoms with van der Waals surface area (Å²) < 4.78 is 16.8. The van der Waals surface area contributed by atoms with Crippen LogP contribution in [0.2, 0.25) is 0 Å². The van der Waals surface area contributed by atoms with Crippen LogP contribution in [0.25, 0.3) is 0 Å². The lowest BCUT2D eigenvalue weighted by Gasteiger charge is -2.18. The zero-order valence-electron chi connectivity index (χ0n) is 40.9. The summed E-state index contributed by atoms with van der Waals surface area (Å²) in [7, 11) is 0. The molecule has 0 saturated heterocycles. The van der Waals surface area contributed by atoms with Crippen molar-refractivity contribution in [1.82, 2.24) is 0 Å². The lowest BCUT2D eigenvalue weighted by atomic mass is 10.0. The topological polar surface area (TPSA) is 78.9 Å². The molecule has 0 saturated carbocycles. The molecule has 0 heterocycles. The van der Waals surface area contributed by atoms with E-state index in [0.717, 1.165) is 70.6 Å². The summed E-state index contributed by atoms with van der Waals surface area (Å²) in [5.74, 6) is -0.876. The maximum absolute atomic E-state index is 12.8. The van der Waals surface area contributed by atoms with E-state index in [1.54, 1.807) is 0 Å². The molecule has 358 valence electrons. The lowest BCUT2D eigenvalue weighted by molar-refractivity contribution is -0.167. The van der Waals surface area contributed by atoms with E-state index in [4.69, 9.17) is 14.2 Å². The summed E-state index contributed by atoms with van der Waals surface area (Å²) >= 11 is 0. The number of esters is 3. The van der Waals surface area contributed by atoms with Crippen LogP contribution in [0.3, 0.4) is 0 Å². The molecule has 0 aliphatic heterocycles. The third-order valence-electron chi connectivity index (χ3n) is 11.9. The van der Waals surface area contributed by atoms with Crippen LogP contribution in [-0.4, -0.2) is 37.2 Å². The summed E-state index contributed by atoms with van der Waals surface area (Å²) in [5, 5.41) is 0. The molecule has 1 unspecified atom stereocenters. The van der Waals surface area contributed by atoms with Crippen LogP contribution in [0.15, 0.2) is 24.3 Å². The molecule has 0 rings (SSSR count). The second kappa shape index (κ2) is 50.5. The van der Waals surface area contributed by atoms with Gasteiger partial charge in [-0.3, -0.25) is 14.4 Å². The standard InChI is InChI=1S/C55H102O6/c1-4-7-10-13-16-19-22-25-28-31-33-36-39-42-45-48-54(57)60-51-52(61-55(58)49-46-43-40-37-34-30-27-24-21-18-15-12-9-6-3)50-59-53(56)47-44-41-38-35-32-29-26-23-20-17-14-11-8-5-2/h23-24,26-27,52H,4-22,25,28-51H2,1-3H3/b26-23-,27-24-. The number of hydrogen-bond donors (Lipinski definition) is 0. The zero-order chi connectivity index (χ0) is 44.4. The first-order valence-corrected chi connectivity index (χ1v) is 26.8. The molecule has 0 N–H and O–H groups in total. The summed E-state index contributed by atoms with van der Waals surface area (Å²) in [4.78, 5) is 38.0. The summed E-state index contributed by atoms with van der Waals surface area (Å²) in [6, 6.07) is 0. The molecule has 0 aliphatic rings. The van der Waals surface area contributed by atoms with Gasteiger partial charge in [0.1, 0.15) is 13.2 Å². The molecule has 0 fully saturated rings. The third-order valence-corrected chi connectivity index (χ3v) is 11.9. The molecule has 0 aromatic heterocycles. The van der Waals surface area contributed by atoms with Crippen LogP contribution in [0.4, 0.5) is 0 Å². The van der Waals surface area contributed by atoms with Crippen molar-refractivity contribution in [2.45, 2.75) is 297 Å². The van der Waals surface area contributed by atoms with Crippen LogP contribution in [0, 0.1) is 0 Å². The fourth-order valence-corrected chi connectivity index (χ4v) is 7.84. The SMILES string of the molecule is CCCCCCC/C=C\CCCCCCCC(=O)OCC(COC(=O)CCCCCCCCCCCCCCCCC)OC(=O)CCCCCCC/C=C\CCCCCCC. The smallest absolute Gasteiger partial charge is 0.306 e. The predicted molar refractivity (Wildman–Crippen MR) is 261 cm³/mol. The van der Waals surface area contributed by atoms with Crippen LogP contribution in [0.5, 0.6) is 0 Å². The Morgan fingerprint density at radius 2 is 0.541 bits per heavy atom. The molecule has 61 heavy (non-hydrogen) atoms. The first-order chi connectivity index (χ1) is 30.0. The van der Waals surface area contributed by atoms with Gasteiger partial charge in [-0.2, -0.15) is 0 Å². The molecule has 6 heteroatoms. The van der Waals surface area contributed by atoms with Crippen molar-refractivity contribution in [3.8, 4) is 0 Å². The van der Waals surface area contributed by atoms with Crippen molar-refractivity contribution in [2.24, 2.45) is 0 Å². The molecule has 0 aromatic carbocycles. The number of rotatable bonds is 49. The second-order valence-corrected chi connectivity index (χ2v) is 18.1. The second-order valence-electron chi connectivity index (χ2n) is 18.1. The highest BCUT2D eigenvalue weighted by molar-refractivity contribution is 5.71. The Labute approximate surface area is 379 Å². The Balaban J connectivity index is 4.36. The van der Waals surface area contributed by atoms with E-state index >= 15 is 0 Å². The molecule has 6 nitrogen and oxygen atoms in total. The molecule has 0 spiro atoms. The van der Waals surface area contributed by atoms with E-state index < -0.39 is 6.10 Å². The molecule has 0 bridgehead atoms. The first-order valence-electron chi connectivity index (χ1n) is 26.8. The van der Waals surface area contributed by atoms with E-state index in [-0.39, 0.29) is 31.1 Å². The molecule has 0 aromatic rings. The van der Waals surface area contributed by atoms with Gasteiger partial charge in [-0.1, -0.05) is 225 Å². The molecule has 0 amide bonds. The van der Waals surface area contributed by atoms with Gasteiger partial charge in [0.05, 0.1) is 0 Å². The van der Waals surface area contributed by atoms with E-state index in [9.17, 15) is 14.4 Å². The Bertz CT molecular complexity index is 989. The minimum atomic E-state index is -0.774. The van der Waals surface area contributed by atoms with Crippen LogP contribution >= 0.6 is 0 Å². The van der Waals surface area contributed by atoms with Crippen LogP contribution in [0.1, 0.15) is 290 Å². The lowest BCUT2D eigenvalue weighted by Crippen LogP contribution is -2.30. The van der Waals surface area contributed by atoms with Gasteiger partial charge in [0.15, 0.2) is 6.10 Å². The minimum Gasteiger partial charge on any atom is -0.462 e. The first kappa shape index (κ1) is 58.9. The van der Waals surface area contributed by atoms with Crippen molar-refractivity contribution in [3.05, 3.63) is 24.3 Å².